The van der Waals surface area contributed by atoms with E-state index >= 15 is 0 Å². The van der Waals surface area contributed by atoms with Gasteiger partial charge in [-0.25, -0.2) is 0 Å². The van der Waals surface area contributed by atoms with Crippen LogP contribution in [0.25, 0.3) is 0 Å². The Morgan fingerprint density at radius 1 is 1.33 bits per heavy atom. The Bertz CT molecular complexity index is 262. The predicted octanol–water partition coefficient (Wildman–Crippen LogP) is 2.39. The summed E-state index contributed by atoms with van der Waals surface area (Å²) in [6.07, 6.45) is 9.00. The molecular weight excluding hydrogens is 188 g/mol. The second-order valence-corrected chi connectivity index (χ2v) is 5.48. The summed E-state index contributed by atoms with van der Waals surface area (Å²) < 4.78 is 11.4. The first-order valence-corrected chi connectivity index (χ1v) is 6.19. The standard InChI is InChI=1S/C13H20O2/c1-2-13(7-14-8-13)9-15-12-6-10-3-4-11(12)5-10/h3-4,10-12H,2,5-9H2,1H3. The Kier molecular flexibility index (Phi) is 2.37. The van der Waals surface area contributed by atoms with Crippen LogP contribution < -0.4 is 0 Å². The number of fused-ring (bicyclic) bond motifs is 2. The number of ether oxygens (including phenoxy) is 2. The van der Waals surface area contributed by atoms with Crippen molar-refractivity contribution < 1.29 is 9.47 Å². The molecule has 1 saturated heterocycles. The van der Waals surface area contributed by atoms with E-state index in [4.69, 9.17) is 9.47 Å². The van der Waals surface area contributed by atoms with E-state index in [1.54, 1.807) is 0 Å². The van der Waals surface area contributed by atoms with E-state index in [1.807, 2.05) is 0 Å². The van der Waals surface area contributed by atoms with Crippen molar-refractivity contribution in [3.63, 3.8) is 0 Å². The van der Waals surface area contributed by atoms with Gasteiger partial charge in [-0.2, -0.15) is 0 Å². The monoisotopic (exact) mass is 208 g/mol. The molecule has 0 aromatic heterocycles. The fourth-order valence-corrected chi connectivity index (χ4v) is 2.99. The molecule has 0 N–H and O–H groups in total. The highest BCUT2D eigenvalue weighted by Crippen LogP contribution is 2.42. The maximum absolute atomic E-state index is 6.10. The summed E-state index contributed by atoms with van der Waals surface area (Å²) in [7, 11) is 0. The molecule has 3 rings (SSSR count). The summed E-state index contributed by atoms with van der Waals surface area (Å²) in [5, 5.41) is 0. The van der Waals surface area contributed by atoms with Gasteiger partial charge >= 0.3 is 0 Å². The molecule has 84 valence electrons. The van der Waals surface area contributed by atoms with Crippen molar-refractivity contribution in [3.05, 3.63) is 12.2 Å². The minimum Gasteiger partial charge on any atom is -0.380 e. The van der Waals surface area contributed by atoms with Gasteiger partial charge in [-0.05, 0) is 25.2 Å². The van der Waals surface area contributed by atoms with E-state index in [1.165, 1.54) is 19.3 Å². The van der Waals surface area contributed by atoms with Gasteiger partial charge < -0.3 is 9.47 Å². The minimum absolute atomic E-state index is 0.353. The predicted molar refractivity (Wildman–Crippen MR) is 58.6 cm³/mol. The fourth-order valence-electron chi connectivity index (χ4n) is 2.99. The molecule has 2 aliphatic carbocycles. The molecule has 0 aromatic rings. The lowest BCUT2D eigenvalue weighted by molar-refractivity contribution is -0.162. The van der Waals surface area contributed by atoms with Crippen LogP contribution in [0, 0.1) is 17.3 Å². The van der Waals surface area contributed by atoms with Gasteiger partial charge in [-0.15, -0.1) is 0 Å². The van der Waals surface area contributed by atoms with Crippen LogP contribution in [0.15, 0.2) is 12.2 Å². The molecule has 2 bridgehead atoms. The molecule has 3 aliphatic rings. The maximum atomic E-state index is 6.10. The molecule has 2 heteroatoms. The van der Waals surface area contributed by atoms with Crippen LogP contribution in [0.1, 0.15) is 26.2 Å². The Morgan fingerprint density at radius 3 is 2.67 bits per heavy atom. The largest absolute Gasteiger partial charge is 0.380 e. The first-order chi connectivity index (χ1) is 7.31. The second-order valence-electron chi connectivity index (χ2n) is 5.48. The summed E-state index contributed by atoms with van der Waals surface area (Å²) in [5.41, 5.74) is 0.353. The molecule has 3 unspecified atom stereocenters. The van der Waals surface area contributed by atoms with Crippen molar-refractivity contribution in [2.45, 2.75) is 32.3 Å². The van der Waals surface area contributed by atoms with E-state index in [9.17, 15) is 0 Å². The van der Waals surface area contributed by atoms with Gasteiger partial charge in [0.15, 0.2) is 0 Å². The number of hydrogen-bond donors (Lipinski definition) is 0. The van der Waals surface area contributed by atoms with Crippen LogP contribution in [-0.2, 0) is 9.47 Å². The van der Waals surface area contributed by atoms with Gasteiger partial charge in [0.1, 0.15) is 0 Å². The van der Waals surface area contributed by atoms with Crippen LogP contribution >= 0.6 is 0 Å². The third kappa shape index (κ3) is 1.64. The highest BCUT2D eigenvalue weighted by molar-refractivity contribution is 5.11. The first kappa shape index (κ1) is 9.86. The second kappa shape index (κ2) is 3.60. The number of hydrogen-bond acceptors (Lipinski definition) is 2. The summed E-state index contributed by atoms with van der Waals surface area (Å²) >= 11 is 0. The van der Waals surface area contributed by atoms with Crippen molar-refractivity contribution in [1.29, 1.82) is 0 Å². The molecule has 1 aliphatic heterocycles. The molecule has 3 atom stereocenters. The maximum Gasteiger partial charge on any atom is 0.0643 e. The third-order valence-corrected chi connectivity index (χ3v) is 4.39. The van der Waals surface area contributed by atoms with Crippen LogP contribution in [0.3, 0.4) is 0 Å². The third-order valence-electron chi connectivity index (χ3n) is 4.39. The summed E-state index contributed by atoms with van der Waals surface area (Å²) in [4.78, 5) is 0. The zero-order valence-corrected chi connectivity index (χ0v) is 9.45. The molecule has 0 aromatic carbocycles. The van der Waals surface area contributed by atoms with Crippen LogP contribution in [-0.4, -0.2) is 25.9 Å². The Hall–Kier alpha value is -0.340. The number of allylic oxidation sites excluding steroid dienone is 1. The molecule has 0 amide bonds. The van der Waals surface area contributed by atoms with E-state index in [0.717, 1.165) is 25.7 Å². The normalized spacial score (nSPS) is 40.7. The minimum atomic E-state index is 0.353. The summed E-state index contributed by atoms with van der Waals surface area (Å²) in [5.74, 6) is 1.53. The fraction of sp³-hybridized carbons (Fsp3) is 0.846. The van der Waals surface area contributed by atoms with E-state index in [2.05, 4.69) is 19.1 Å². The van der Waals surface area contributed by atoms with Gasteiger partial charge in [-0.3, -0.25) is 0 Å². The summed E-state index contributed by atoms with van der Waals surface area (Å²) in [6, 6.07) is 0. The number of rotatable bonds is 4. The zero-order chi connectivity index (χ0) is 10.3. The van der Waals surface area contributed by atoms with Crippen molar-refractivity contribution in [3.8, 4) is 0 Å². The molecular formula is C13H20O2. The van der Waals surface area contributed by atoms with E-state index in [-0.39, 0.29) is 0 Å². The van der Waals surface area contributed by atoms with Crippen molar-refractivity contribution in [2.24, 2.45) is 17.3 Å². The van der Waals surface area contributed by atoms with Crippen molar-refractivity contribution in [2.75, 3.05) is 19.8 Å². The molecule has 1 heterocycles. The van der Waals surface area contributed by atoms with Crippen LogP contribution in [0.5, 0.6) is 0 Å². The average molecular weight is 208 g/mol. The van der Waals surface area contributed by atoms with Gasteiger partial charge in [-0.1, -0.05) is 19.1 Å². The van der Waals surface area contributed by atoms with Crippen LogP contribution in [0.2, 0.25) is 0 Å². The van der Waals surface area contributed by atoms with E-state index in [0.29, 0.717) is 17.4 Å². The van der Waals surface area contributed by atoms with E-state index < -0.39 is 0 Å². The van der Waals surface area contributed by atoms with Gasteiger partial charge in [0.2, 0.25) is 0 Å². The summed E-state index contributed by atoms with van der Waals surface area (Å²) in [6.45, 7) is 4.96. The molecule has 15 heavy (non-hydrogen) atoms. The van der Waals surface area contributed by atoms with Gasteiger partial charge in [0.05, 0.1) is 25.9 Å². The molecule has 2 fully saturated rings. The molecule has 0 radical (unpaired) electrons. The highest BCUT2D eigenvalue weighted by Gasteiger charge is 2.41. The topological polar surface area (TPSA) is 18.5 Å². The Morgan fingerprint density at radius 2 is 2.20 bits per heavy atom. The lowest BCUT2D eigenvalue weighted by Gasteiger charge is -2.41. The molecule has 2 nitrogen and oxygen atoms in total. The quantitative estimate of drug-likeness (QED) is 0.660. The molecule has 0 spiro atoms. The highest BCUT2D eigenvalue weighted by atomic mass is 16.5. The first-order valence-electron chi connectivity index (χ1n) is 6.19. The Labute approximate surface area is 91.6 Å². The molecule has 1 saturated carbocycles. The average Bonchev–Trinajstić information content (AvgIpc) is 2.78. The van der Waals surface area contributed by atoms with Crippen molar-refractivity contribution in [1.82, 2.24) is 0 Å². The zero-order valence-electron chi connectivity index (χ0n) is 9.45. The Balaban J connectivity index is 1.52. The van der Waals surface area contributed by atoms with Crippen molar-refractivity contribution >= 4 is 0 Å². The SMILES string of the molecule is CCC1(COC2CC3C=CC2C3)COC1. The lowest BCUT2D eigenvalue weighted by Crippen LogP contribution is -2.46. The smallest absolute Gasteiger partial charge is 0.0643 e. The van der Waals surface area contributed by atoms with Crippen LogP contribution in [0.4, 0.5) is 0 Å². The van der Waals surface area contributed by atoms with Gasteiger partial charge in [0.25, 0.3) is 0 Å². The lowest BCUT2D eigenvalue weighted by atomic mass is 9.84. The van der Waals surface area contributed by atoms with Gasteiger partial charge in [0, 0.05) is 11.3 Å².